The third kappa shape index (κ3) is 10.6. The molecular formula is C21H33NO2. The second-order valence-corrected chi connectivity index (χ2v) is 4.14. The van der Waals surface area contributed by atoms with Crippen LogP contribution in [0.3, 0.4) is 0 Å². The van der Waals surface area contributed by atoms with E-state index in [2.05, 4.69) is 29.9 Å². The van der Waals surface area contributed by atoms with E-state index in [9.17, 15) is 0 Å². The molecule has 3 nitrogen and oxygen atoms in total. The highest BCUT2D eigenvalue weighted by molar-refractivity contribution is 5.43. The maximum Gasteiger partial charge on any atom is 0.106 e. The molecule has 0 fully saturated rings. The van der Waals surface area contributed by atoms with Crippen LogP contribution in [0.15, 0.2) is 53.6 Å². The van der Waals surface area contributed by atoms with Crippen molar-refractivity contribution in [2.45, 2.75) is 33.6 Å². The van der Waals surface area contributed by atoms with Crippen LogP contribution in [-0.4, -0.2) is 27.6 Å². The fourth-order valence-corrected chi connectivity index (χ4v) is 1.98. The van der Waals surface area contributed by atoms with Crippen LogP contribution in [0.2, 0.25) is 0 Å². The third-order valence-corrected chi connectivity index (χ3v) is 2.91. The third-order valence-electron chi connectivity index (χ3n) is 2.91. The molecule has 0 heterocycles. The van der Waals surface area contributed by atoms with Crippen LogP contribution in [0.5, 0.6) is 0 Å². The molecule has 0 aliphatic heterocycles. The number of terminal acetylenes is 1. The van der Waals surface area contributed by atoms with Crippen molar-refractivity contribution in [1.82, 2.24) is 0 Å². The first-order chi connectivity index (χ1) is 11.7. The molecule has 1 aromatic carbocycles. The monoisotopic (exact) mass is 331 g/mol. The molecule has 1 rings (SSSR count). The van der Waals surface area contributed by atoms with E-state index < -0.39 is 0 Å². The van der Waals surface area contributed by atoms with Crippen LogP contribution in [0.4, 0.5) is 0 Å². The molecular weight excluding hydrogens is 298 g/mol. The first kappa shape index (κ1) is 26.7. The van der Waals surface area contributed by atoms with E-state index in [0.717, 1.165) is 11.1 Å². The Balaban J connectivity index is -0.000000659. The van der Waals surface area contributed by atoms with Crippen molar-refractivity contribution in [2.75, 3.05) is 20.8 Å². The average Bonchev–Trinajstić information content (AvgIpc) is 2.69. The number of hydrogen-bond acceptors (Lipinski definition) is 3. The molecule has 0 spiro atoms. The quantitative estimate of drug-likeness (QED) is 0.644. The lowest BCUT2D eigenvalue weighted by atomic mass is 9.88. The minimum absolute atomic E-state index is 0.184. The van der Waals surface area contributed by atoms with Crippen molar-refractivity contribution in [3.05, 3.63) is 59.2 Å². The highest BCUT2D eigenvalue weighted by atomic mass is 16.5. The summed E-state index contributed by atoms with van der Waals surface area (Å²) in [4.78, 5) is 8.00. The topological polar surface area (TPSA) is 52.3 Å². The molecule has 2 N–H and O–H groups in total. The number of carbonyl (C=O) groups excluding carboxylic acids is 1. The number of carbonyl (C=O) groups is 1. The molecule has 3 heteroatoms. The van der Waals surface area contributed by atoms with Crippen LogP contribution in [0, 0.1) is 12.3 Å². The zero-order chi connectivity index (χ0) is 19.4. The zero-order valence-corrected chi connectivity index (χ0v) is 16.0. The molecule has 0 saturated carbocycles. The summed E-state index contributed by atoms with van der Waals surface area (Å²) in [5, 5.41) is 0. The van der Waals surface area contributed by atoms with Gasteiger partial charge in [-0.3, -0.25) is 0 Å². The first-order valence-electron chi connectivity index (χ1n) is 7.95. The molecule has 0 aromatic heterocycles. The van der Waals surface area contributed by atoms with Crippen LogP contribution in [-0.2, 0) is 9.53 Å². The van der Waals surface area contributed by atoms with E-state index in [4.69, 9.17) is 16.0 Å². The Morgan fingerprint density at radius 3 is 2.17 bits per heavy atom. The Morgan fingerprint density at radius 1 is 1.29 bits per heavy atom. The van der Waals surface area contributed by atoms with Gasteiger partial charge in [0.25, 0.3) is 0 Å². The standard InChI is InChI=1S/C17H20O.C2H6.CH5N.CH2O/c1-5-10-16(14(3)6-2)17(13-18-4)15-11-8-7-9-12-15;3*1-2/h2,5,7-12,17H,13H2,1,3-4H3;1-2H3;2H2,1H3;1H2/b10-5-,16-14+;;;. The number of nitrogens with two attached hydrogens (primary N) is 1. The molecule has 0 aliphatic carbocycles. The van der Waals surface area contributed by atoms with E-state index in [-0.39, 0.29) is 5.92 Å². The van der Waals surface area contributed by atoms with Crippen molar-refractivity contribution < 1.29 is 9.53 Å². The number of rotatable bonds is 5. The SMILES string of the molecule is C#C/C(C)=C(\C=C/C)C(COC)c1ccccc1.C=O.CC.CN. The molecule has 134 valence electrons. The lowest BCUT2D eigenvalue weighted by molar-refractivity contribution is -0.0979. The summed E-state index contributed by atoms with van der Waals surface area (Å²) >= 11 is 0. The van der Waals surface area contributed by atoms with Gasteiger partial charge in [0.15, 0.2) is 0 Å². The molecule has 1 atom stereocenters. The second-order valence-electron chi connectivity index (χ2n) is 4.14. The van der Waals surface area contributed by atoms with Crippen molar-refractivity contribution >= 4 is 6.79 Å². The van der Waals surface area contributed by atoms with Crippen molar-refractivity contribution in [1.29, 1.82) is 0 Å². The van der Waals surface area contributed by atoms with Crippen molar-refractivity contribution in [2.24, 2.45) is 5.73 Å². The molecule has 0 saturated heterocycles. The molecule has 24 heavy (non-hydrogen) atoms. The summed E-state index contributed by atoms with van der Waals surface area (Å²) in [6.07, 6.45) is 9.62. The Hall–Kier alpha value is -2.15. The van der Waals surface area contributed by atoms with E-state index in [1.165, 1.54) is 12.6 Å². The largest absolute Gasteiger partial charge is 0.384 e. The molecule has 0 aliphatic rings. The van der Waals surface area contributed by atoms with Gasteiger partial charge in [-0.25, -0.2) is 0 Å². The van der Waals surface area contributed by atoms with Crippen molar-refractivity contribution in [3.63, 3.8) is 0 Å². The Kier molecular flexibility index (Phi) is 23.2. The molecule has 0 radical (unpaired) electrons. The summed E-state index contributed by atoms with van der Waals surface area (Å²) in [6.45, 7) is 10.6. The van der Waals surface area contributed by atoms with Gasteiger partial charge in [-0.2, -0.15) is 0 Å². The normalized spacial score (nSPS) is 11.2. The number of ether oxygens (including phenoxy) is 1. The van der Waals surface area contributed by atoms with Gasteiger partial charge in [0.2, 0.25) is 0 Å². The highest BCUT2D eigenvalue weighted by Gasteiger charge is 2.16. The van der Waals surface area contributed by atoms with Crippen molar-refractivity contribution in [3.8, 4) is 12.3 Å². The molecule has 1 unspecified atom stereocenters. The first-order valence-corrected chi connectivity index (χ1v) is 7.95. The minimum atomic E-state index is 0.184. The predicted octanol–water partition coefficient (Wildman–Crippen LogP) is 4.36. The summed E-state index contributed by atoms with van der Waals surface area (Å²) in [6, 6.07) is 10.3. The summed E-state index contributed by atoms with van der Waals surface area (Å²) in [5.74, 6) is 2.92. The molecule has 1 aromatic rings. The summed E-state index contributed by atoms with van der Waals surface area (Å²) in [7, 11) is 3.22. The number of allylic oxidation sites excluding steroid dienone is 3. The maximum absolute atomic E-state index is 8.00. The predicted molar refractivity (Wildman–Crippen MR) is 106 cm³/mol. The number of hydrogen-bond donors (Lipinski definition) is 1. The Labute approximate surface area is 148 Å². The van der Waals surface area contributed by atoms with E-state index in [0.29, 0.717) is 6.61 Å². The van der Waals surface area contributed by atoms with E-state index in [1.54, 1.807) is 7.11 Å². The van der Waals surface area contributed by atoms with Crippen LogP contribution in [0.25, 0.3) is 0 Å². The van der Waals surface area contributed by atoms with Gasteiger partial charge >= 0.3 is 0 Å². The van der Waals surface area contributed by atoms with Gasteiger partial charge in [0.05, 0.1) is 6.61 Å². The van der Waals surface area contributed by atoms with Gasteiger partial charge in [0, 0.05) is 18.6 Å². The zero-order valence-electron chi connectivity index (χ0n) is 16.0. The Bertz CT molecular complexity index is 484. The maximum atomic E-state index is 8.00. The van der Waals surface area contributed by atoms with Gasteiger partial charge in [-0.15, -0.1) is 6.42 Å². The fraction of sp³-hybridized carbons (Fsp3) is 0.381. The van der Waals surface area contributed by atoms with Crippen LogP contribution < -0.4 is 5.73 Å². The van der Waals surface area contributed by atoms with E-state index in [1.807, 2.05) is 58.8 Å². The van der Waals surface area contributed by atoms with E-state index >= 15 is 0 Å². The van der Waals surface area contributed by atoms with Gasteiger partial charge in [0.1, 0.15) is 6.79 Å². The number of benzene rings is 1. The molecule has 0 bridgehead atoms. The number of methoxy groups -OCH3 is 1. The second kappa shape index (κ2) is 20.9. The highest BCUT2D eigenvalue weighted by Crippen LogP contribution is 2.28. The van der Waals surface area contributed by atoms with Gasteiger partial charge in [-0.1, -0.05) is 62.3 Å². The summed E-state index contributed by atoms with van der Waals surface area (Å²) < 4.78 is 5.34. The molecule has 0 amide bonds. The average molecular weight is 332 g/mol. The Morgan fingerprint density at radius 2 is 1.79 bits per heavy atom. The lowest BCUT2D eigenvalue weighted by Gasteiger charge is -2.19. The summed E-state index contributed by atoms with van der Waals surface area (Å²) in [5.41, 5.74) is 7.83. The van der Waals surface area contributed by atoms with Gasteiger partial charge < -0.3 is 15.3 Å². The minimum Gasteiger partial charge on any atom is -0.384 e. The fourth-order valence-electron chi connectivity index (χ4n) is 1.98. The lowest BCUT2D eigenvalue weighted by Crippen LogP contribution is -2.09. The smallest absolute Gasteiger partial charge is 0.106 e. The van der Waals surface area contributed by atoms with Gasteiger partial charge in [-0.05, 0) is 32.0 Å². The van der Waals surface area contributed by atoms with Crippen LogP contribution in [0.1, 0.15) is 39.2 Å². The van der Waals surface area contributed by atoms with Crippen LogP contribution >= 0.6 is 0 Å².